The molecule has 0 fully saturated rings. The molecule has 0 radical (unpaired) electrons. The van der Waals surface area contributed by atoms with E-state index in [1.54, 1.807) is 24.4 Å². The maximum Gasteiger partial charge on any atom is 0.416 e. The number of pyridine rings is 1. The standard InChI is InChI=1S/C22H16F4N2O2/c23-19-12-16(5-9-20(19)30-18-2-1-11-27-14-18)13-28-21(29)10-6-15-3-7-17(8-4-15)22(24,25)26/h1-12,14H,13H2,(H,28,29)/b10-6+. The van der Waals surface area contributed by atoms with Crippen LogP contribution in [0.5, 0.6) is 11.5 Å². The van der Waals surface area contributed by atoms with Gasteiger partial charge in [0.1, 0.15) is 5.75 Å². The lowest BCUT2D eigenvalue weighted by Gasteiger charge is -2.08. The van der Waals surface area contributed by atoms with E-state index in [1.807, 2.05) is 0 Å². The third-order valence-electron chi connectivity index (χ3n) is 3.99. The molecule has 0 bridgehead atoms. The summed E-state index contributed by atoms with van der Waals surface area (Å²) in [4.78, 5) is 15.8. The van der Waals surface area contributed by atoms with E-state index in [1.165, 1.54) is 42.6 Å². The lowest BCUT2D eigenvalue weighted by Crippen LogP contribution is -2.20. The van der Waals surface area contributed by atoms with E-state index < -0.39 is 23.5 Å². The van der Waals surface area contributed by atoms with Crippen LogP contribution in [0.4, 0.5) is 17.6 Å². The van der Waals surface area contributed by atoms with Gasteiger partial charge < -0.3 is 10.1 Å². The number of benzene rings is 2. The van der Waals surface area contributed by atoms with Crippen molar-refractivity contribution in [3.63, 3.8) is 0 Å². The lowest BCUT2D eigenvalue weighted by atomic mass is 10.1. The van der Waals surface area contributed by atoms with Crippen molar-refractivity contribution in [3.05, 3.63) is 95.6 Å². The highest BCUT2D eigenvalue weighted by Gasteiger charge is 2.29. The molecule has 0 unspecified atom stereocenters. The van der Waals surface area contributed by atoms with Crippen LogP contribution in [0.2, 0.25) is 0 Å². The molecule has 1 N–H and O–H groups in total. The number of hydrogen-bond acceptors (Lipinski definition) is 3. The van der Waals surface area contributed by atoms with Gasteiger partial charge in [-0.25, -0.2) is 4.39 Å². The number of aromatic nitrogens is 1. The van der Waals surface area contributed by atoms with Crippen molar-refractivity contribution in [2.75, 3.05) is 0 Å². The van der Waals surface area contributed by atoms with Gasteiger partial charge in [0.05, 0.1) is 11.8 Å². The average molecular weight is 416 g/mol. The SMILES string of the molecule is O=C(/C=C/c1ccc(C(F)(F)F)cc1)NCc1ccc(Oc2cccnc2)c(F)c1. The van der Waals surface area contributed by atoms with Gasteiger partial charge >= 0.3 is 6.18 Å². The molecule has 4 nitrogen and oxygen atoms in total. The van der Waals surface area contributed by atoms with Gasteiger partial charge in [-0.05, 0) is 53.6 Å². The van der Waals surface area contributed by atoms with E-state index in [2.05, 4.69) is 10.3 Å². The zero-order valence-electron chi connectivity index (χ0n) is 15.5. The minimum atomic E-state index is -4.41. The van der Waals surface area contributed by atoms with Crippen LogP contribution in [0.3, 0.4) is 0 Å². The molecular weight excluding hydrogens is 400 g/mol. The molecule has 0 saturated heterocycles. The Labute approximate surface area is 169 Å². The number of amides is 1. The molecule has 0 aliphatic rings. The van der Waals surface area contributed by atoms with Crippen molar-refractivity contribution >= 4 is 12.0 Å². The first kappa shape index (κ1) is 21.0. The molecule has 0 atom stereocenters. The molecule has 8 heteroatoms. The van der Waals surface area contributed by atoms with E-state index in [-0.39, 0.29) is 12.3 Å². The predicted octanol–water partition coefficient (Wildman–Crippen LogP) is 5.36. The molecule has 0 spiro atoms. The third kappa shape index (κ3) is 5.91. The molecule has 2 aromatic carbocycles. The maximum absolute atomic E-state index is 14.2. The van der Waals surface area contributed by atoms with Crippen LogP contribution in [-0.2, 0) is 17.5 Å². The number of carbonyl (C=O) groups is 1. The second-order valence-electron chi connectivity index (χ2n) is 6.23. The lowest BCUT2D eigenvalue weighted by molar-refractivity contribution is -0.137. The summed E-state index contributed by atoms with van der Waals surface area (Å²) in [5.74, 6) is -0.636. The minimum Gasteiger partial charge on any atom is -0.453 e. The quantitative estimate of drug-likeness (QED) is 0.435. The van der Waals surface area contributed by atoms with Crippen LogP contribution in [0.25, 0.3) is 6.08 Å². The highest BCUT2D eigenvalue weighted by atomic mass is 19.4. The highest BCUT2D eigenvalue weighted by Crippen LogP contribution is 2.29. The predicted molar refractivity (Wildman–Crippen MR) is 103 cm³/mol. The first-order chi connectivity index (χ1) is 14.3. The van der Waals surface area contributed by atoms with E-state index in [4.69, 9.17) is 4.74 Å². The minimum absolute atomic E-state index is 0.0280. The van der Waals surface area contributed by atoms with E-state index in [0.717, 1.165) is 12.1 Å². The molecule has 0 aliphatic heterocycles. The Morgan fingerprint density at radius 2 is 1.87 bits per heavy atom. The summed E-state index contributed by atoms with van der Waals surface area (Å²) in [6.07, 6.45) is 1.20. The molecule has 1 amide bonds. The molecule has 3 aromatic rings. The number of alkyl halides is 3. The van der Waals surface area contributed by atoms with Crippen LogP contribution >= 0.6 is 0 Å². The number of nitrogens with one attached hydrogen (secondary N) is 1. The maximum atomic E-state index is 14.2. The fourth-order valence-electron chi connectivity index (χ4n) is 2.47. The number of ether oxygens (including phenoxy) is 1. The zero-order valence-corrected chi connectivity index (χ0v) is 15.5. The average Bonchev–Trinajstić information content (AvgIpc) is 2.73. The number of nitrogens with zero attached hydrogens (tertiary/aromatic N) is 1. The van der Waals surface area contributed by atoms with Gasteiger partial charge in [0.15, 0.2) is 11.6 Å². The van der Waals surface area contributed by atoms with E-state index in [0.29, 0.717) is 16.9 Å². The van der Waals surface area contributed by atoms with E-state index in [9.17, 15) is 22.4 Å². The summed E-state index contributed by atoms with van der Waals surface area (Å²) in [7, 11) is 0. The molecular formula is C22H16F4N2O2. The van der Waals surface area contributed by atoms with Gasteiger partial charge in [-0.15, -0.1) is 0 Å². The summed E-state index contributed by atoms with van der Waals surface area (Å²) in [6.45, 7) is 0.0697. The monoisotopic (exact) mass is 416 g/mol. The van der Waals surface area contributed by atoms with Crippen molar-refractivity contribution in [3.8, 4) is 11.5 Å². The van der Waals surface area contributed by atoms with Gasteiger partial charge in [-0.2, -0.15) is 13.2 Å². The molecule has 154 valence electrons. The van der Waals surface area contributed by atoms with Crippen molar-refractivity contribution in [1.29, 1.82) is 0 Å². The molecule has 1 heterocycles. The zero-order chi connectivity index (χ0) is 21.6. The topological polar surface area (TPSA) is 51.2 Å². The number of rotatable bonds is 6. The smallest absolute Gasteiger partial charge is 0.416 e. The van der Waals surface area contributed by atoms with Crippen molar-refractivity contribution < 1.29 is 27.1 Å². The Hall–Kier alpha value is -3.68. The van der Waals surface area contributed by atoms with Crippen molar-refractivity contribution in [1.82, 2.24) is 10.3 Å². The number of hydrogen-bond donors (Lipinski definition) is 1. The Bertz CT molecular complexity index is 1030. The third-order valence-corrected chi connectivity index (χ3v) is 3.99. The Morgan fingerprint density at radius 3 is 2.50 bits per heavy atom. The molecule has 0 aliphatic carbocycles. The van der Waals surface area contributed by atoms with Crippen LogP contribution in [0.15, 0.2) is 73.1 Å². The Morgan fingerprint density at radius 1 is 1.10 bits per heavy atom. The highest BCUT2D eigenvalue weighted by molar-refractivity contribution is 5.91. The first-order valence-corrected chi connectivity index (χ1v) is 8.81. The fourth-order valence-corrected chi connectivity index (χ4v) is 2.47. The molecule has 1 aromatic heterocycles. The van der Waals surface area contributed by atoms with Crippen LogP contribution < -0.4 is 10.1 Å². The first-order valence-electron chi connectivity index (χ1n) is 8.81. The second kappa shape index (κ2) is 9.21. The van der Waals surface area contributed by atoms with Crippen LogP contribution in [0, 0.1) is 5.82 Å². The van der Waals surface area contributed by atoms with Crippen molar-refractivity contribution in [2.24, 2.45) is 0 Å². The Kier molecular flexibility index (Phi) is 6.46. The Balaban J connectivity index is 1.54. The summed E-state index contributed by atoms with van der Waals surface area (Å²) in [5, 5.41) is 2.58. The second-order valence-corrected chi connectivity index (χ2v) is 6.23. The van der Waals surface area contributed by atoms with Crippen LogP contribution in [0.1, 0.15) is 16.7 Å². The van der Waals surface area contributed by atoms with Crippen LogP contribution in [-0.4, -0.2) is 10.9 Å². The summed E-state index contributed by atoms with van der Waals surface area (Å²) in [5.41, 5.74) is 0.200. The van der Waals surface area contributed by atoms with Crippen molar-refractivity contribution in [2.45, 2.75) is 12.7 Å². The molecule has 30 heavy (non-hydrogen) atoms. The summed E-state index contributed by atoms with van der Waals surface area (Å²) in [6, 6.07) is 12.0. The normalized spacial score (nSPS) is 11.5. The van der Waals surface area contributed by atoms with Gasteiger partial charge in [-0.3, -0.25) is 9.78 Å². The number of halogens is 4. The molecule has 0 saturated carbocycles. The van der Waals surface area contributed by atoms with Gasteiger partial charge in [0.2, 0.25) is 5.91 Å². The van der Waals surface area contributed by atoms with Gasteiger partial charge in [0, 0.05) is 18.8 Å². The van der Waals surface area contributed by atoms with Gasteiger partial charge in [0.25, 0.3) is 0 Å². The summed E-state index contributed by atoms with van der Waals surface area (Å²) >= 11 is 0. The largest absolute Gasteiger partial charge is 0.453 e. The molecule has 3 rings (SSSR count). The summed E-state index contributed by atoms with van der Waals surface area (Å²) < 4.78 is 57.2. The van der Waals surface area contributed by atoms with Gasteiger partial charge in [-0.1, -0.05) is 18.2 Å². The van der Waals surface area contributed by atoms with E-state index >= 15 is 0 Å². The fraction of sp³-hybridized carbons (Fsp3) is 0.0909. The number of carbonyl (C=O) groups excluding carboxylic acids is 1.